The average Bonchev–Trinajstić information content (AvgIpc) is 3.84. The zero-order chi connectivity index (χ0) is 33.7. The summed E-state index contributed by atoms with van der Waals surface area (Å²) in [5.74, 6) is 1.14. The third kappa shape index (κ3) is 6.89. The third-order valence-corrected chi connectivity index (χ3v) is 16.4. The van der Waals surface area contributed by atoms with Gasteiger partial charge in [0.1, 0.15) is 5.82 Å². The Bertz CT molecular complexity index is 1650. The maximum Gasteiger partial charge on any atom is 0.127 e. The van der Waals surface area contributed by atoms with Crippen molar-refractivity contribution in [3.05, 3.63) is 123 Å². The summed E-state index contributed by atoms with van der Waals surface area (Å²) in [6.45, 7) is 13.4. The predicted molar refractivity (Wildman–Crippen MR) is 211 cm³/mol. The van der Waals surface area contributed by atoms with Crippen LogP contribution < -0.4 is 9.80 Å². The largest absolute Gasteiger partial charge is 0.301 e. The molecule has 2 atom stereocenters. The first-order valence-corrected chi connectivity index (χ1v) is 20.4. The number of alkyl halides is 2. The summed E-state index contributed by atoms with van der Waals surface area (Å²) in [6, 6.07) is 20.1. The molecule has 7 rings (SSSR count). The van der Waals surface area contributed by atoms with Crippen molar-refractivity contribution in [1.29, 1.82) is 0 Å². The van der Waals surface area contributed by atoms with Crippen LogP contribution in [0.15, 0.2) is 84.0 Å². The van der Waals surface area contributed by atoms with Crippen LogP contribution in [0.1, 0.15) is 96.7 Å². The minimum Gasteiger partial charge on any atom is -0.301 e. The molecule has 2 unspecified atom stereocenters. The van der Waals surface area contributed by atoms with Crippen LogP contribution in [0.3, 0.4) is 0 Å². The van der Waals surface area contributed by atoms with Gasteiger partial charge in [-0.1, -0.05) is 99.3 Å². The quantitative estimate of drug-likeness (QED) is 0.139. The fourth-order valence-corrected chi connectivity index (χ4v) is 15.8. The Hall–Kier alpha value is -1.89. The van der Waals surface area contributed by atoms with Crippen LogP contribution in [0, 0.1) is 41.5 Å². The predicted octanol–water partition coefficient (Wildman–Crippen LogP) is 12.9. The third-order valence-electron chi connectivity index (χ3n) is 11.2. The van der Waals surface area contributed by atoms with Crippen molar-refractivity contribution >= 4 is 48.6 Å². The summed E-state index contributed by atoms with van der Waals surface area (Å²) in [4.78, 5) is 4.87. The smallest absolute Gasteiger partial charge is 0.127 e. The van der Waals surface area contributed by atoms with Gasteiger partial charge >= 0.3 is 0 Å². The second-order valence-corrected chi connectivity index (χ2v) is 19.4. The number of anilines is 2. The van der Waals surface area contributed by atoms with E-state index in [1.807, 2.05) is 0 Å². The maximum atomic E-state index is 8.42. The van der Waals surface area contributed by atoms with Crippen LogP contribution in [0.2, 0.25) is 0 Å². The van der Waals surface area contributed by atoms with Gasteiger partial charge in [0, 0.05) is 37.5 Å². The average molecular weight is 799 g/mol. The maximum absolute atomic E-state index is 8.42. The molecule has 0 spiro atoms. The van der Waals surface area contributed by atoms with E-state index in [0.29, 0.717) is 11.3 Å². The summed E-state index contributed by atoms with van der Waals surface area (Å²) < 4.78 is -0.474. The summed E-state index contributed by atoms with van der Waals surface area (Å²) in [5.41, 5.74) is 15.2. The molecule has 0 radical (unpaired) electrons. The van der Waals surface area contributed by atoms with Crippen LogP contribution in [0.25, 0.3) is 6.08 Å². The van der Waals surface area contributed by atoms with Crippen LogP contribution in [-0.2, 0) is 19.5 Å². The molecule has 0 bridgehead atoms. The Morgan fingerprint density at radius 3 is 1.55 bits per heavy atom. The molecule has 49 heavy (non-hydrogen) atoms. The fraction of sp³-hybridized carbons (Fsp3) is 0.442. The number of benzene rings is 3. The van der Waals surface area contributed by atoms with E-state index in [1.54, 1.807) is 0 Å². The summed E-state index contributed by atoms with van der Waals surface area (Å²) in [5, 5.41) is -0.206. The van der Waals surface area contributed by atoms with Gasteiger partial charge in [0.05, 0.1) is 21.4 Å². The second kappa shape index (κ2) is 15.0. The van der Waals surface area contributed by atoms with Crippen LogP contribution >= 0.6 is 31.1 Å². The van der Waals surface area contributed by atoms with Gasteiger partial charge in [-0.15, -0.1) is 23.2 Å². The molecule has 3 aromatic carbocycles. The number of hydrogen-bond acceptors (Lipinski definition) is 2. The van der Waals surface area contributed by atoms with Gasteiger partial charge in [-0.3, -0.25) is 0 Å². The fourth-order valence-electron chi connectivity index (χ4n) is 9.59. The van der Waals surface area contributed by atoms with Crippen molar-refractivity contribution in [2.45, 2.75) is 121 Å². The Morgan fingerprint density at radius 2 is 1.12 bits per heavy atom. The van der Waals surface area contributed by atoms with E-state index in [2.05, 4.69) is 124 Å². The Kier molecular flexibility index (Phi) is 11.3. The molecule has 2 nitrogen and oxygen atoms in total. The molecule has 6 heteroatoms. The van der Waals surface area contributed by atoms with Crippen LogP contribution in [0.4, 0.5) is 11.4 Å². The van der Waals surface area contributed by atoms with Gasteiger partial charge in [-0.2, -0.15) is 0 Å². The standard InChI is InChI=1S/C43H51Cl2N2P.Ru/c1-28-22-30(3)40(31(4)23-28)46-20-21-47(41-32(5)24-29(2)25-33(41)6)42(46)39-37(26-34-14-8-7-9-15-34)43(45,27-38(39)44)48(35-16-10-11-17-35)36-18-12-13-19-36;/h7-9,14-15,20-26,35-36,38H,10-13,16-19,27H2,1-6H3;. The van der Waals surface area contributed by atoms with E-state index < -0.39 is 12.5 Å². The Morgan fingerprint density at radius 1 is 0.694 bits per heavy atom. The van der Waals surface area contributed by atoms with E-state index in [-0.39, 0.29) is 24.9 Å². The van der Waals surface area contributed by atoms with Crippen molar-refractivity contribution in [1.82, 2.24) is 0 Å². The first-order valence-electron chi connectivity index (χ1n) is 18.1. The molecule has 1 heterocycles. The summed E-state index contributed by atoms with van der Waals surface area (Å²) in [6.07, 6.45) is 18.3. The molecule has 4 aliphatic rings. The van der Waals surface area contributed by atoms with Crippen LogP contribution in [0.5, 0.6) is 0 Å². The van der Waals surface area contributed by atoms with E-state index in [1.165, 1.54) is 113 Å². The molecule has 3 saturated carbocycles. The molecule has 0 aromatic heterocycles. The number of nitrogens with zero attached hydrogens (tertiary/aromatic N) is 2. The molecule has 0 saturated heterocycles. The zero-order valence-corrected chi connectivity index (χ0v) is 34.1. The molecule has 3 fully saturated rings. The van der Waals surface area contributed by atoms with Crippen molar-refractivity contribution in [3.63, 3.8) is 0 Å². The van der Waals surface area contributed by atoms with Crippen molar-refractivity contribution < 1.29 is 19.5 Å². The summed E-state index contributed by atoms with van der Waals surface area (Å²) >= 11 is 16.2. The molecular weight excluding hydrogens is 747 g/mol. The van der Waals surface area contributed by atoms with Crippen LogP contribution in [-0.4, -0.2) is 21.3 Å². The number of hydrogen-bond donors (Lipinski definition) is 0. The van der Waals surface area contributed by atoms with Gasteiger partial charge in [-0.25, -0.2) is 0 Å². The zero-order valence-electron chi connectivity index (χ0n) is 30.0. The Labute approximate surface area is 319 Å². The normalized spacial score (nSPS) is 23.9. The number of aryl methyl sites for hydroxylation is 6. The van der Waals surface area contributed by atoms with E-state index >= 15 is 0 Å². The van der Waals surface area contributed by atoms with E-state index in [0.717, 1.165) is 12.2 Å². The first kappa shape index (κ1) is 36.9. The molecule has 0 amide bonds. The molecule has 1 aliphatic heterocycles. The first-order chi connectivity index (χ1) is 23.1. The minimum absolute atomic E-state index is 0. The Balaban J connectivity index is 0.00000417. The van der Waals surface area contributed by atoms with Gasteiger partial charge in [-0.05, 0) is 124 Å². The summed E-state index contributed by atoms with van der Waals surface area (Å²) in [7, 11) is -0.499. The van der Waals surface area contributed by atoms with Crippen molar-refractivity contribution in [2.75, 3.05) is 9.80 Å². The van der Waals surface area contributed by atoms with Crippen molar-refractivity contribution in [3.8, 4) is 0 Å². The molecule has 3 aromatic rings. The van der Waals surface area contributed by atoms with Gasteiger partial charge in [0.2, 0.25) is 0 Å². The SMILES string of the molecule is Cc1cc(C)c(N2C=CN(c3c(C)cc(C)cc3C)C2=C2C(=Cc3ccccc3)C(Cl)(P(C3CCCC3)C3CCCC3)CC2Cl)c(C)c1.[Ru]. The molecule has 0 N–H and O–H groups in total. The minimum atomic E-state index is -0.499. The number of allylic oxidation sites excluding steroid dienone is 2. The monoisotopic (exact) mass is 798 g/mol. The van der Waals surface area contributed by atoms with Crippen molar-refractivity contribution in [2.24, 2.45) is 0 Å². The van der Waals surface area contributed by atoms with Gasteiger partial charge < -0.3 is 9.80 Å². The molecular formula is C43H51Cl2N2PRu. The molecule has 3 aliphatic carbocycles. The van der Waals surface area contributed by atoms with Gasteiger partial charge in [0.25, 0.3) is 0 Å². The second-order valence-electron chi connectivity index (χ2n) is 15.0. The van der Waals surface area contributed by atoms with E-state index in [4.69, 9.17) is 23.2 Å². The van der Waals surface area contributed by atoms with Gasteiger partial charge in [0.15, 0.2) is 0 Å². The number of rotatable bonds is 6. The topological polar surface area (TPSA) is 6.48 Å². The van der Waals surface area contributed by atoms with E-state index in [9.17, 15) is 0 Å². The number of halogens is 2. The molecule has 260 valence electrons.